The fourth-order valence-electron chi connectivity index (χ4n) is 1.60. The molecule has 0 spiro atoms. The predicted molar refractivity (Wildman–Crippen MR) is 72.9 cm³/mol. The van der Waals surface area contributed by atoms with Gasteiger partial charge in [0.1, 0.15) is 5.75 Å². The van der Waals surface area contributed by atoms with Gasteiger partial charge in [0.05, 0.1) is 7.11 Å². The lowest BCUT2D eigenvalue weighted by atomic mass is 10.2. The Balaban J connectivity index is 2.31. The van der Waals surface area contributed by atoms with Gasteiger partial charge in [-0.15, -0.1) is 0 Å². The standard InChI is InChI=1S/C13H21ClN2O/c1-3-15-7-4-8-16-10-11-5-6-12(14)9-13(11)17-2/h5-6,9,15-16H,3-4,7-8,10H2,1-2H3. The molecule has 0 radical (unpaired) electrons. The molecule has 0 amide bonds. The van der Waals surface area contributed by atoms with Crippen LogP contribution in [0.25, 0.3) is 0 Å². The Hall–Kier alpha value is -0.770. The van der Waals surface area contributed by atoms with Crippen LogP contribution in [0.4, 0.5) is 0 Å². The predicted octanol–water partition coefficient (Wildman–Crippen LogP) is 2.44. The third-order valence-corrected chi connectivity index (χ3v) is 2.76. The Morgan fingerprint density at radius 2 is 2.00 bits per heavy atom. The van der Waals surface area contributed by atoms with Crippen molar-refractivity contribution in [3.8, 4) is 5.75 Å². The average Bonchev–Trinajstić information content (AvgIpc) is 2.35. The summed E-state index contributed by atoms with van der Waals surface area (Å²) < 4.78 is 5.28. The Labute approximate surface area is 109 Å². The number of nitrogens with one attached hydrogen (secondary N) is 2. The van der Waals surface area contributed by atoms with Gasteiger partial charge in [0.25, 0.3) is 0 Å². The van der Waals surface area contributed by atoms with Gasteiger partial charge in [-0.1, -0.05) is 24.6 Å². The van der Waals surface area contributed by atoms with E-state index < -0.39 is 0 Å². The second-order valence-corrected chi connectivity index (χ2v) is 4.28. The quantitative estimate of drug-likeness (QED) is 0.701. The van der Waals surface area contributed by atoms with E-state index in [9.17, 15) is 0 Å². The molecule has 0 saturated carbocycles. The van der Waals surface area contributed by atoms with Crippen LogP contribution in [0.5, 0.6) is 5.75 Å². The highest BCUT2D eigenvalue weighted by Gasteiger charge is 2.02. The summed E-state index contributed by atoms with van der Waals surface area (Å²) in [7, 11) is 1.67. The van der Waals surface area contributed by atoms with Crippen LogP contribution in [-0.2, 0) is 6.54 Å². The number of hydrogen-bond acceptors (Lipinski definition) is 3. The number of methoxy groups -OCH3 is 1. The molecule has 0 fully saturated rings. The molecule has 0 aliphatic carbocycles. The SMILES string of the molecule is CCNCCCNCc1ccc(Cl)cc1OC. The van der Waals surface area contributed by atoms with E-state index in [0.717, 1.165) is 43.9 Å². The maximum absolute atomic E-state index is 5.91. The zero-order valence-electron chi connectivity index (χ0n) is 10.6. The molecule has 1 rings (SSSR count). The zero-order chi connectivity index (χ0) is 12.5. The summed E-state index contributed by atoms with van der Waals surface area (Å²) in [6.07, 6.45) is 1.13. The molecule has 0 atom stereocenters. The molecular formula is C13H21ClN2O. The van der Waals surface area contributed by atoms with E-state index >= 15 is 0 Å². The highest BCUT2D eigenvalue weighted by Crippen LogP contribution is 2.22. The smallest absolute Gasteiger partial charge is 0.124 e. The summed E-state index contributed by atoms with van der Waals surface area (Å²) in [5.41, 5.74) is 1.14. The largest absolute Gasteiger partial charge is 0.496 e. The molecule has 0 aromatic heterocycles. The first-order chi connectivity index (χ1) is 8.27. The van der Waals surface area contributed by atoms with Crippen molar-refractivity contribution in [2.75, 3.05) is 26.7 Å². The van der Waals surface area contributed by atoms with E-state index in [1.165, 1.54) is 0 Å². The Kier molecular flexibility index (Phi) is 7.01. The average molecular weight is 257 g/mol. The Morgan fingerprint density at radius 1 is 1.24 bits per heavy atom. The van der Waals surface area contributed by atoms with Gasteiger partial charge in [0.2, 0.25) is 0 Å². The van der Waals surface area contributed by atoms with E-state index in [2.05, 4.69) is 17.6 Å². The monoisotopic (exact) mass is 256 g/mol. The van der Waals surface area contributed by atoms with Crippen molar-refractivity contribution in [2.45, 2.75) is 19.9 Å². The topological polar surface area (TPSA) is 33.3 Å². The molecule has 0 bridgehead atoms. The minimum atomic E-state index is 0.706. The molecule has 1 aromatic carbocycles. The van der Waals surface area contributed by atoms with Crippen LogP contribution in [0.2, 0.25) is 5.02 Å². The van der Waals surface area contributed by atoms with Crippen LogP contribution in [0.3, 0.4) is 0 Å². The first-order valence-corrected chi connectivity index (χ1v) is 6.39. The van der Waals surface area contributed by atoms with Gasteiger partial charge in [0, 0.05) is 17.1 Å². The molecule has 96 valence electrons. The van der Waals surface area contributed by atoms with E-state index in [4.69, 9.17) is 16.3 Å². The van der Waals surface area contributed by atoms with Gasteiger partial charge in [-0.3, -0.25) is 0 Å². The van der Waals surface area contributed by atoms with Crippen molar-refractivity contribution in [2.24, 2.45) is 0 Å². The molecule has 2 N–H and O–H groups in total. The van der Waals surface area contributed by atoms with Crippen molar-refractivity contribution >= 4 is 11.6 Å². The summed E-state index contributed by atoms with van der Waals surface area (Å²) in [5.74, 6) is 0.844. The molecule has 0 saturated heterocycles. The fraction of sp³-hybridized carbons (Fsp3) is 0.538. The molecule has 3 nitrogen and oxygen atoms in total. The van der Waals surface area contributed by atoms with Crippen LogP contribution >= 0.6 is 11.6 Å². The van der Waals surface area contributed by atoms with Crippen molar-refractivity contribution in [3.05, 3.63) is 28.8 Å². The number of hydrogen-bond donors (Lipinski definition) is 2. The van der Waals surface area contributed by atoms with Crippen LogP contribution in [0.1, 0.15) is 18.9 Å². The number of ether oxygens (including phenoxy) is 1. The van der Waals surface area contributed by atoms with Crippen LogP contribution in [0.15, 0.2) is 18.2 Å². The van der Waals surface area contributed by atoms with E-state index in [1.54, 1.807) is 7.11 Å². The summed E-state index contributed by atoms with van der Waals surface area (Å²) in [6.45, 7) is 6.02. The number of rotatable bonds is 8. The second-order valence-electron chi connectivity index (χ2n) is 3.84. The highest BCUT2D eigenvalue weighted by atomic mass is 35.5. The Morgan fingerprint density at radius 3 is 2.71 bits per heavy atom. The van der Waals surface area contributed by atoms with Gasteiger partial charge in [-0.2, -0.15) is 0 Å². The van der Waals surface area contributed by atoms with Gasteiger partial charge in [-0.25, -0.2) is 0 Å². The minimum Gasteiger partial charge on any atom is -0.496 e. The maximum Gasteiger partial charge on any atom is 0.124 e. The summed E-state index contributed by atoms with van der Waals surface area (Å²) in [4.78, 5) is 0. The van der Waals surface area contributed by atoms with Gasteiger partial charge in [0.15, 0.2) is 0 Å². The molecule has 17 heavy (non-hydrogen) atoms. The summed E-state index contributed by atoms with van der Waals surface area (Å²) in [6, 6.07) is 5.73. The van der Waals surface area contributed by atoms with Gasteiger partial charge >= 0.3 is 0 Å². The summed E-state index contributed by atoms with van der Waals surface area (Å²) in [5, 5.41) is 7.39. The number of benzene rings is 1. The van der Waals surface area contributed by atoms with Crippen LogP contribution in [0, 0.1) is 0 Å². The van der Waals surface area contributed by atoms with E-state index in [0.29, 0.717) is 5.02 Å². The van der Waals surface area contributed by atoms with Crippen molar-refractivity contribution < 1.29 is 4.74 Å². The first kappa shape index (κ1) is 14.3. The lowest BCUT2D eigenvalue weighted by Crippen LogP contribution is -2.21. The number of halogens is 1. The molecule has 0 aliphatic rings. The highest BCUT2D eigenvalue weighted by molar-refractivity contribution is 6.30. The normalized spacial score (nSPS) is 10.5. The van der Waals surface area contributed by atoms with E-state index in [1.807, 2.05) is 18.2 Å². The molecule has 4 heteroatoms. The van der Waals surface area contributed by atoms with Gasteiger partial charge < -0.3 is 15.4 Å². The van der Waals surface area contributed by atoms with Crippen molar-refractivity contribution in [3.63, 3.8) is 0 Å². The fourth-order valence-corrected chi connectivity index (χ4v) is 1.76. The third-order valence-electron chi connectivity index (χ3n) is 2.52. The first-order valence-electron chi connectivity index (χ1n) is 6.01. The lowest BCUT2D eigenvalue weighted by molar-refractivity contribution is 0.407. The molecule has 0 heterocycles. The minimum absolute atomic E-state index is 0.706. The Bertz CT molecular complexity index is 331. The molecule has 0 aliphatic heterocycles. The lowest BCUT2D eigenvalue weighted by Gasteiger charge is -2.10. The van der Waals surface area contributed by atoms with Gasteiger partial charge in [-0.05, 0) is 38.2 Å². The van der Waals surface area contributed by atoms with Crippen LogP contribution < -0.4 is 15.4 Å². The molecule has 0 unspecified atom stereocenters. The molecular weight excluding hydrogens is 236 g/mol. The summed E-state index contributed by atoms with van der Waals surface area (Å²) >= 11 is 5.91. The molecule has 1 aromatic rings. The van der Waals surface area contributed by atoms with Crippen LogP contribution in [-0.4, -0.2) is 26.7 Å². The van der Waals surface area contributed by atoms with Crippen molar-refractivity contribution in [1.29, 1.82) is 0 Å². The zero-order valence-corrected chi connectivity index (χ0v) is 11.3. The maximum atomic E-state index is 5.91. The van der Waals surface area contributed by atoms with E-state index in [-0.39, 0.29) is 0 Å². The third kappa shape index (κ3) is 5.39. The van der Waals surface area contributed by atoms with Crippen molar-refractivity contribution in [1.82, 2.24) is 10.6 Å². The second kappa shape index (κ2) is 8.34.